The second-order valence-corrected chi connectivity index (χ2v) is 4.61. The molecular weight excluding hydrogens is 224 g/mol. The van der Waals surface area contributed by atoms with Gasteiger partial charge in [-0.05, 0) is 18.6 Å². The summed E-state index contributed by atoms with van der Waals surface area (Å²) in [6.45, 7) is 3.04. The Kier molecular flexibility index (Phi) is 3.55. The Balaban J connectivity index is 2.31. The summed E-state index contributed by atoms with van der Waals surface area (Å²) in [6, 6.07) is 8.27. The first-order chi connectivity index (χ1) is 8.63. The minimum absolute atomic E-state index is 0.745. The number of nitrogens with zero attached hydrogens (tertiary/aromatic N) is 3. The molecule has 1 aromatic carbocycles. The summed E-state index contributed by atoms with van der Waals surface area (Å²) < 4.78 is 2.00. The quantitative estimate of drug-likeness (QED) is 0.899. The third-order valence-corrected chi connectivity index (χ3v) is 3.00. The van der Waals surface area contributed by atoms with Gasteiger partial charge in [-0.2, -0.15) is 0 Å². The average molecular weight is 244 g/mol. The minimum Gasteiger partial charge on any atom is -0.383 e. The highest BCUT2D eigenvalue weighted by Crippen LogP contribution is 2.26. The van der Waals surface area contributed by atoms with Gasteiger partial charge in [0.2, 0.25) is 0 Å². The average Bonchev–Trinajstić information content (AvgIpc) is 2.72. The van der Waals surface area contributed by atoms with E-state index >= 15 is 0 Å². The van der Waals surface area contributed by atoms with Gasteiger partial charge in [0, 0.05) is 31.9 Å². The highest BCUT2D eigenvalue weighted by atomic mass is 15.1. The topological polar surface area (TPSA) is 47.1 Å². The predicted octanol–water partition coefficient (Wildman–Crippen LogP) is 2.61. The molecule has 0 saturated carbocycles. The lowest BCUT2D eigenvalue weighted by molar-refractivity contribution is 0.686. The number of hydrogen-bond donors (Lipinski definition) is 1. The fourth-order valence-corrected chi connectivity index (χ4v) is 1.95. The molecule has 1 aromatic heterocycles. The maximum Gasteiger partial charge on any atom is 0.131 e. The van der Waals surface area contributed by atoms with Gasteiger partial charge in [-0.25, -0.2) is 4.98 Å². The van der Waals surface area contributed by atoms with Crippen LogP contribution in [0.15, 0.2) is 30.6 Å². The number of nitrogen functional groups attached to an aromatic ring is 1. The molecule has 2 rings (SSSR count). The fraction of sp³-hybridized carbons (Fsp3) is 0.357. The van der Waals surface area contributed by atoms with Crippen LogP contribution in [0.25, 0.3) is 11.3 Å². The van der Waals surface area contributed by atoms with Crippen LogP contribution in [0.4, 0.5) is 11.5 Å². The predicted molar refractivity (Wildman–Crippen MR) is 76.7 cm³/mol. The summed E-state index contributed by atoms with van der Waals surface area (Å²) in [7, 11) is 4.05. The van der Waals surface area contributed by atoms with Crippen LogP contribution in [0.2, 0.25) is 0 Å². The van der Waals surface area contributed by atoms with Crippen LogP contribution in [-0.4, -0.2) is 23.6 Å². The summed E-state index contributed by atoms with van der Waals surface area (Å²) in [5.74, 6) is 0.745. The van der Waals surface area contributed by atoms with Crippen LogP contribution in [-0.2, 0) is 6.54 Å². The van der Waals surface area contributed by atoms with Gasteiger partial charge in [-0.15, -0.1) is 0 Å². The number of aryl methyl sites for hydroxylation is 1. The van der Waals surface area contributed by atoms with Crippen molar-refractivity contribution < 1.29 is 0 Å². The van der Waals surface area contributed by atoms with Gasteiger partial charge in [0.25, 0.3) is 0 Å². The Labute approximate surface area is 108 Å². The van der Waals surface area contributed by atoms with E-state index in [1.807, 2.05) is 25.0 Å². The highest BCUT2D eigenvalue weighted by Gasteiger charge is 2.09. The van der Waals surface area contributed by atoms with Crippen molar-refractivity contribution in [2.24, 2.45) is 0 Å². The van der Waals surface area contributed by atoms with Gasteiger partial charge in [-0.1, -0.05) is 19.1 Å². The lowest BCUT2D eigenvalue weighted by atomic mass is 10.1. The monoisotopic (exact) mass is 244 g/mol. The lowest BCUT2D eigenvalue weighted by Gasteiger charge is -2.12. The Morgan fingerprint density at radius 1 is 1.22 bits per heavy atom. The van der Waals surface area contributed by atoms with Gasteiger partial charge < -0.3 is 15.2 Å². The van der Waals surface area contributed by atoms with Crippen LogP contribution in [0.5, 0.6) is 0 Å². The number of aromatic nitrogens is 2. The van der Waals surface area contributed by atoms with E-state index in [1.165, 1.54) is 5.69 Å². The first-order valence-electron chi connectivity index (χ1n) is 6.22. The molecule has 2 N–H and O–H groups in total. The molecule has 0 fully saturated rings. The number of imidazole rings is 1. The summed E-state index contributed by atoms with van der Waals surface area (Å²) >= 11 is 0. The minimum atomic E-state index is 0.745. The first-order valence-corrected chi connectivity index (χ1v) is 6.22. The first kappa shape index (κ1) is 12.5. The van der Waals surface area contributed by atoms with Gasteiger partial charge in [0.05, 0.1) is 6.33 Å². The van der Waals surface area contributed by atoms with Crippen LogP contribution >= 0.6 is 0 Å². The van der Waals surface area contributed by atoms with E-state index in [0.29, 0.717) is 0 Å². The van der Waals surface area contributed by atoms with Crippen molar-refractivity contribution in [1.82, 2.24) is 9.55 Å². The molecule has 0 aliphatic heterocycles. The van der Waals surface area contributed by atoms with Crippen molar-refractivity contribution in [2.45, 2.75) is 19.9 Å². The van der Waals surface area contributed by atoms with E-state index in [9.17, 15) is 0 Å². The van der Waals surface area contributed by atoms with Crippen LogP contribution in [0.3, 0.4) is 0 Å². The highest BCUT2D eigenvalue weighted by molar-refractivity contribution is 5.71. The fourth-order valence-electron chi connectivity index (χ4n) is 1.95. The molecule has 0 spiro atoms. The van der Waals surface area contributed by atoms with Crippen molar-refractivity contribution >= 4 is 11.5 Å². The number of hydrogen-bond acceptors (Lipinski definition) is 3. The molecule has 0 atom stereocenters. The summed E-state index contributed by atoms with van der Waals surface area (Å²) in [6.07, 6.45) is 2.87. The van der Waals surface area contributed by atoms with Gasteiger partial charge >= 0.3 is 0 Å². The zero-order valence-electron chi connectivity index (χ0n) is 11.2. The molecule has 0 unspecified atom stereocenters. The molecule has 4 nitrogen and oxygen atoms in total. The molecule has 0 aliphatic rings. The maximum atomic E-state index is 6.11. The third-order valence-electron chi connectivity index (χ3n) is 3.00. The molecule has 0 bridgehead atoms. The van der Waals surface area contributed by atoms with Crippen LogP contribution in [0, 0.1) is 0 Å². The molecule has 0 amide bonds. The van der Waals surface area contributed by atoms with E-state index in [4.69, 9.17) is 5.73 Å². The second-order valence-electron chi connectivity index (χ2n) is 4.61. The number of rotatable bonds is 4. The standard InChI is InChI=1S/C14H20N4/c1-4-9-18-10-16-13(14(18)15)11-5-7-12(8-6-11)17(2)3/h5-8,10H,4,9,15H2,1-3H3. The lowest BCUT2D eigenvalue weighted by Crippen LogP contribution is -2.08. The van der Waals surface area contributed by atoms with E-state index < -0.39 is 0 Å². The van der Waals surface area contributed by atoms with Crippen LogP contribution < -0.4 is 10.6 Å². The number of nitrogens with two attached hydrogens (primary N) is 1. The van der Waals surface area contributed by atoms with Crippen molar-refractivity contribution in [3.8, 4) is 11.3 Å². The molecule has 4 heteroatoms. The molecule has 0 aliphatic carbocycles. The van der Waals surface area contributed by atoms with E-state index in [-0.39, 0.29) is 0 Å². The molecular formula is C14H20N4. The smallest absolute Gasteiger partial charge is 0.131 e. The van der Waals surface area contributed by atoms with Crippen molar-refractivity contribution in [1.29, 1.82) is 0 Å². The summed E-state index contributed by atoms with van der Waals surface area (Å²) in [5.41, 5.74) is 9.21. The van der Waals surface area contributed by atoms with Crippen molar-refractivity contribution in [3.05, 3.63) is 30.6 Å². The van der Waals surface area contributed by atoms with E-state index in [0.717, 1.165) is 30.0 Å². The van der Waals surface area contributed by atoms with Gasteiger partial charge in [0.1, 0.15) is 11.5 Å². The zero-order valence-corrected chi connectivity index (χ0v) is 11.2. The molecule has 96 valence electrons. The Hall–Kier alpha value is -1.97. The Morgan fingerprint density at radius 3 is 2.44 bits per heavy atom. The molecule has 18 heavy (non-hydrogen) atoms. The summed E-state index contributed by atoms with van der Waals surface area (Å²) in [4.78, 5) is 6.48. The maximum absolute atomic E-state index is 6.11. The third kappa shape index (κ3) is 2.32. The van der Waals surface area contributed by atoms with Gasteiger partial charge in [0.15, 0.2) is 0 Å². The number of anilines is 2. The van der Waals surface area contributed by atoms with E-state index in [2.05, 4.69) is 41.1 Å². The second kappa shape index (κ2) is 5.12. The van der Waals surface area contributed by atoms with Crippen molar-refractivity contribution in [2.75, 3.05) is 24.7 Å². The Bertz CT molecular complexity index is 511. The molecule has 0 saturated heterocycles. The molecule has 0 radical (unpaired) electrons. The zero-order chi connectivity index (χ0) is 13.1. The summed E-state index contributed by atoms with van der Waals surface area (Å²) in [5, 5.41) is 0. The molecule has 2 aromatic rings. The normalized spacial score (nSPS) is 10.6. The SMILES string of the molecule is CCCn1cnc(-c2ccc(N(C)C)cc2)c1N. The van der Waals surface area contributed by atoms with E-state index in [1.54, 1.807) is 0 Å². The number of benzene rings is 1. The van der Waals surface area contributed by atoms with Crippen molar-refractivity contribution in [3.63, 3.8) is 0 Å². The Morgan fingerprint density at radius 2 is 1.89 bits per heavy atom. The van der Waals surface area contributed by atoms with Gasteiger partial charge in [-0.3, -0.25) is 0 Å². The molecule has 1 heterocycles. The largest absolute Gasteiger partial charge is 0.383 e. The van der Waals surface area contributed by atoms with Crippen LogP contribution in [0.1, 0.15) is 13.3 Å².